The van der Waals surface area contributed by atoms with E-state index in [4.69, 9.17) is 20.7 Å². The molecule has 0 fully saturated rings. The Morgan fingerprint density at radius 2 is 1.39 bits per heavy atom. The lowest BCUT2D eigenvalue weighted by molar-refractivity contribution is -0.139. The van der Waals surface area contributed by atoms with Crippen molar-refractivity contribution in [1.29, 1.82) is 0 Å². The predicted molar refractivity (Wildman–Crippen MR) is 146 cm³/mol. The molecule has 0 unspecified atom stereocenters. The van der Waals surface area contributed by atoms with Crippen molar-refractivity contribution >= 4 is 41.3 Å². The first-order valence-electron chi connectivity index (χ1n) is 13.6. The van der Waals surface area contributed by atoms with Crippen LogP contribution in [0.1, 0.15) is 91.9 Å². The highest BCUT2D eigenvalue weighted by Gasteiger charge is 2.30. The van der Waals surface area contributed by atoms with Gasteiger partial charge in [-0.1, -0.05) is 6.42 Å². The van der Waals surface area contributed by atoms with Gasteiger partial charge in [0.05, 0.1) is 18.6 Å². The summed E-state index contributed by atoms with van der Waals surface area (Å²) < 4.78 is 5.14. The van der Waals surface area contributed by atoms with Gasteiger partial charge >= 0.3 is 18.0 Å². The number of ether oxygens (including phenoxy) is 1. The van der Waals surface area contributed by atoms with E-state index in [1.165, 1.54) is 6.92 Å². The van der Waals surface area contributed by atoms with Crippen LogP contribution in [-0.2, 0) is 33.5 Å². The predicted octanol–water partition coefficient (Wildman–Crippen LogP) is 1.10. The van der Waals surface area contributed by atoms with Crippen LogP contribution >= 0.6 is 0 Å². The Morgan fingerprint density at radius 1 is 0.805 bits per heavy atom. The SMILES string of the molecule is C[C@@H](O)[C@H](NC(=O)CCC(=O)[C@@H](N)CCC(=O)O)C(=O)C[C@@H](CCCCNC(=O)OC(C)(C)C)C(=O)CCC(=O)O. The molecule has 0 aromatic carbocycles. The van der Waals surface area contributed by atoms with E-state index >= 15 is 0 Å². The number of aliphatic carboxylic acids is 2. The molecule has 0 spiro atoms. The molecule has 4 atom stereocenters. The Morgan fingerprint density at radius 3 is 1.93 bits per heavy atom. The van der Waals surface area contributed by atoms with E-state index < -0.39 is 77.4 Å². The van der Waals surface area contributed by atoms with Gasteiger partial charge in [-0.05, 0) is 47.0 Å². The van der Waals surface area contributed by atoms with Crippen LogP contribution in [0.5, 0.6) is 0 Å². The number of unbranched alkanes of at least 4 members (excludes halogenated alkanes) is 1. The molecule has 0 radical (unpaired) electrons. The van der Waals surface area contributed by atoms with Gasteiger partial charge in [-0.25, -0.2) is 4.79 Å². The van der Waals surface area contributed by atoms with Crippen LogP contribution in [-0.4, -0.2) is 86.9 Å². The first kappa shape index (κ1) is 37.6. The van der Waals surface area contributed by atoms with E-state index in [2.05, 4.69) is 10.6 Å². The Bertz CT molecular complexity index is 928. The number of carbonyl (C=O) groups excluding carboxylic acids is 5. The molecule has 0 bridgehead atoms. The fourth-order valence-electron chi connectivity index (χ4n) is 3.78. The highest BCUT2D eigenvalue weighted by Crippen LogP contribution is 2.19. The first-order valence-corrected chi connectivity index (χ1v) is 13.6. The molecule has 0 rings (SSSR count). The van der Waals surface area contributed by atoms with Crippen molar-refractivity contribution in [3.8, 4) is 0 Å². The standard InChI is InChI=1S/C27H45N3O11/c1-16(31)25(30-22(35)11-9-20(33)18(28)8-12-23(36)37)21(34)15-17(19(32)10-13-24(38)39)7-5-6-14-29-26(40)41-27(2,3)4/h16-18,25,31H,5-15,28H2,1-4H3,(H,29,40)(H,30,35)(H,36,37)(H,38,39)/t16-,17-,18+,25+/m1/s1. The maximum absolute atomic E-state index is 13.0. The highest BCUT2D eigenvalue weighted by molar-refractivity contribution is 5.95. The summed E-state index contributed by atoms with van der Waals surface area (Å²) in [6, 6.07) is -2.42. The highest BCUT2D eigenvalue weighted by atomic mass is 16.6. The molecule has 0 heterocycles. The van der Waals surface area contributed by atoms with Crippen LogP contribution in [0.25, 0.3) is 0 Å². The van der Waals surface area contributed by atoms with E-state index in [0.717, 1.165) is 0 Å². The molecule has 0 aliphatic carbocycles. The van der Waals surface area contributed by atoms with Crippen molar-refractivity contribution in [2.24, 2.45) is 11.7 Å². The molecule has 0 saturated carbocycles. The molecule has 41 heavy (non-hydrogen) atoms. The second-order valence-electron chi connectivity index (χ2n) is 10.9. The van der Waals surface area contributed by atoms with E-state index in [1.54, 1.807) is 20.8 Å². The van der Waals surface area contributed by atoms with E-state index in [0.29, 0.717) is 12.8 Å². The number of rotatable bonds is 21. The van der Waals surface area contributed by atoms with Crippen molar-refractivity contribution < 1.29 is 53.6 Å². The average Bonchev–Trinajstić information content (AvgIpc) is 2.84. The van der Waals surface area contributed by atoms with Gasteiger partial charge in [0, 0.05) is 44.6 Å². The van der Waals surface area contributed by atoms with E-state index in [9.17, 15) is 38.7 Å². The van der Waals surface area contributed by atoms with E-state index in [-0.39, 0.29) is 51.5 Å². The van der Waals surface area contributed by atoms with Crippen LogP contribution in [0.4, 0.5) is 4.79 Å². The maximum Gasteiger partial charge on any atom is 0.407 e. The molecule has 14 heteroatoms. The minimum Gasteiger partial charge on any atom is -0.481 e. The van der Waals surface area contributed by atoms with Crippen LogP contribution in [0, 0.1) is 5.92 Å². The van der Waals surface area contributed by atoms with Crippen molar-refractivity contribution in [1.82, 2.24) is 10.6 Å². The van der Waals surface area contributed by atoms with Gasteiger partial charge in [0.25, 0.3) is 0 Å². The molecular weight excluding hydrogens is 542 g/mol. The van der Waals surface area contributed by atoms with Gasteiger partial charge in [0.2, 0.25) is 5.91 Å². The minimum absolute atomic E-state index is 0.0844. The number of aliphatic hydroxyl groups excluding tert-OH is 1. The molecular formula is C27H45N3O11. The Balaban J connectivity index is 5.09. The third kappa shape index (κ3) is 18.6. The molecule has 14 nitrogen and oxygen atoms in total. The summed E-state index contributed by atoms with van der Waals surface area (Å²) in [7, 11) is 0. The number of aliphatic hydroxyl groups is 1. The first-order chi connectivity index (χ1) is 18.9. The third-order valence-electron chi connectivity index (χ3n) is 5.96. The number of nitrogens with one attached hydrogen (secondary N) is 2. The van der Waals surface area contributed by atoms with Gasteiger partial charge in [-0.15, -0.1) is 0 Å². The summed E-state index contributed by atoms with van der Waals surface area (Å²) in [5.74, 6) is -5.47. The van der Waals surface area contributed by atoms with Crippen LogP contribution in [0.2, 0.25) is 0 Å². The third-order valence-corrected chi connectivity index (χ3v) is 5.96. The van der Waals surface area contributed by atoms with Gasteiger partial charge in [0.15, 0.2) is 5.78 Å². The zero-order valence-corrected chi connectivity index (χ0v) is 24.3. The van der Waals surface area contributed by atoms with Gasteiger partial charge in [-0.2, -0.15) is 0 Å². The van der Waals surface area contributed by atoms with Gasteiger partial charge in [0.1, 0.15) is 23.2 Å². The number of carboxylic acid groups (broad SMARTS) is 2. The number of hydrogen-bond donors (Lipinski definition) is 6. The van der Waals surface area contributed by atoms with Crippen molar-refractivity contribution in [2.75, 3.05) is 6.54 Å². The number of nitrogens with two attached hydrogens (primary N) is 1. The number of carbonyl (C=O) groups is 7. The van der Waals surface area contributed by atoms with E-state index in [1.807, 2.05) is 0 Å². The quantitative estimate of drug-likeness (QED) is 0.103. The molecule has 0 aliphatic heterocycles. The second-order valence-corrected chi connectivity index (χ2v) is 10.9. The summed E-state index contributed by atoms with van der Waals surface area (Å²) in [6.45, 7) is 6.70. The number of Topliss-reactive ketones (excluding diaryl/α,β-unsaturated/α-hetero) is 3. The Kier molecular flexibility index (Phi) is 17.3. The lowest BCUT2D eigenvalue weighted by Crippen LogP contribution is -2.48. The zero-order valence-electron chi connectivity index (χ0n) is 24.3. The molecule has 0 aromatic heterocycles. The summed E-state index contributed by atoms with van der Waals surface area (Å²) in [4.78, 5) is 83.5. The fraction of sp³-hybridized carbons (Fsp3) is 0.741. The topological polar surface area (TPSA) is 239 Å². The van der Waals surface area contributed by atoms with Gasteiger partial charge < -0.3 is 36.4 Å². The van der Waals surface area contributed by atoms with Crippen LogP contribution < -0.4 is 16.4 Å². The molecule has 0 saturated heterocycles. The smallest absolute Gasteiger partial charge is 0.407 e. The summed E-state index contributed by atoms with van der Waals surface area (Å²) >= 11 is 0. The zero-order chi connectivity index (χ0) is 31.8. The Hall–Kier alpha value is -3.39. The molecule has 7 N–H and O–H groups in total. The molecule has 0 aromatic rings. The number of carboxylic acids is 2. The second kappa shape index (κ2) is 18.9. The van der Waals surface area contributed by atoms with Crippen LogP contribution in [0.3, 0.4) is 0 Å². The van der Waals surface area contributed by atoms with Crippen LogP contribution in [0.15, 0.2) is 0 Å². The van der Waals surface area contributed by atoms with Crippen molar-refractivity contribution in [3.63, 3.8) is 0 Å². The van der Waals surface area contributed by atoms with Gasteiger partial charge in [-0.3, -0.25) is 28.8 Å². The largest absolute Gasteiger partial charge is 0.481 e. The maximum atomic E-state index is 13.0. The summed E-state index contributed by atoms with van der Waals surface area (Å²) in [5.41, 5.74) is 4.98. The molecule has 234 valence electrons. The average molecular weight is 588 g/mol. The van der Waals surface area contributed by atoms with Crippen molar-refractivity contribution in [2.45, 2.75) is 116 Å². The lowest BCUT2D eigenvalue weighted by atomic mass is 9.87. The minimum atomic E-state index is -1.37. The fourth-order valence-corrected chi connectivity index (χ4v) is 3.78. The van der Waals surface area contributed by atoms with Crippen molar-refractivity contribution in [3.05, 3.63) is 0 Å². The number of alkyl carbamates (subject to hydrolysis) is 1. The normalized spacial score (nSPS) is 14.2. The number of ketones is 3. The lowest BCUT2D eigenvalue weighted by Gasteiger charge is -2.23. The monoisotopic (exact) mass is 587 g/mol. The summed E-state index contributed by atoms with van der Waals surface area (Å²) in [5, 5.41) is 32.7. The Labute approximate surface area is 239 Å². The number of hydrogen-bond acceptors (Lipinski definition) is 10. The molecule has 0 aliphatic rings. The number of amides is 2. The molecule has 2 amide bonds. The summed E-state index contributed by atoms with van der Waals surface area (Å²) in [6.07, 6.45) is -2.92.